The van der Waals surface area contributed by atoms with Crippen LogP contribution in [0.15, 0.2) is 12.4 Å². The molecule has 0 unspecified atom stereocenters. The molecule has 0 saturated heterocycles. The lowest BCUT2D eigenvalue weighted by Crippen LogP contribution is -1.93. The number of aryl methyl sites for hydroxylation is 2. The summed E-state index contributed by atoms with van der Waals surface area (Å²) in [6, 6.07) is 0. The smallest absolute Gasteiger partial charge is 0.0586 e. The van der Waals surface area contributed by atoms with Crippen LogP contribution in [-0.2, 0) is 12.8 Å². The first-order valence-corrected chi connectivity index (χ1v) is 4.16. The first kappa shape index (κ1) is 8.18. The van der Waals surface area contributed by atoms with Crippen molar-refractivity contribution in [3.8, 4) is 0 Å². The van der Waals surface area contributed by atoms with E-state index in [2.05, 4.69) is 23.8 Å². The van der Waals surface area contributed by atoms with Crippen LogP contribution in [0, 0.1) is 0 Å². The largest absolute Gasteiger partial charge is 0.258 e. The number of aromatic nitrogens is 2. The van der Waals surface area contributed by atoms with Gasteiger partial charge in [-0.2, -0.15) is 0 Å². The van der Waals surface area contributed by atoms with Crippen LogP contribution in [0.2, 0.25) is 0 Å². The molecule has 0 bridgehead atoms. The van der Waals surface area contributed by atoms with E-state index in [-0.39, 0.29) is 0 Å². The number of rotatable bonds is 3. The van der Waals surface area contributed by atoms with Gasteiger partial charge in [0.25, 0.3) is 0 Å². The SMILES string of the molecule is CCCc1cnc(CC)cn1. The molecule has 1 aromatic heterocycles. The average Bonchev–Trinajstić information content (AvgIpc) is 2.07. The molecule has 1 aromatic rings. The van der Waals surface area contributed by atoms with Gasteiger partial charge in [0, 0.05) is 12.4 Å². The minimum absolute atomic E-state index is 0.972. The van der Waals surface area contributed by atoms with E-state index < -0.39 is 0 Å². The Morgan fingerprint density at radius 2 is 1.73 bits per heavy atom. The molecule has 0 N–H and O–H groups in total. The molecule has 11 heavy (non-hydrogen) atoms. The second-order valence-corrected chi connectivity index (χ2v) is 2.60. The van der Waals surface area contributed by atoms with Crippen LogP contribution in [-0.4, -0.2) is 9.97 Å². The minimum atomic E-state index is 0.972. The van der Waals surface area contributed by atoms with Gasteiger partial charge >= 0.3 is 0 Å². The molecule has 1 heterocycles. The van der Waals surface area contributed by atoms with E-state index in [0.29, 0.717) is 0 Å². The van der Waals surface area contributed by atoms with Crippen molar-refractivity contribution in [2.24, 2.45) is 0 Å². The summed E-state index contributed by atoms with van der Waals surface area (Å²) < 4.78 is 0. The van der Waals surface area contributed by atoms with E-state index in [4.69, 9.17) is 0 Å². The summed E-state index contributed by atoms with van der Waals surface area (Å²) in [7, 11) is 0. The van der Waals surface area contributed by atoms with Gasteiger partial charge in [0.15, 0.2) is 0 Å². The third-order valence-corrected chi connectivity index (χ3v) is 1.63. The molecule has 0 fully saturated rings. The van der Waals surface area contributed by atoms with Crippen LogP contribution in [0.5, 0.6) is 0 Å². The Morgan fingerprint density at radius 1 is 1.09 bits per heavy atom. The quantitative estimate of drug-likeness (QED) is 0.658. The average molecular weight is 150 g/mol. The van der Waals surface area contributed by atoms with Crippen molar-refractivity contribution in [3.05, 3.63) is 23.8 Å². The van der Waals surface area contributed by atoms with E-state index >= 15 is 0 Å². The van der Waals surface area contributed by atoms with Crippen LogP contribution in [0.25, 0.3) is 0 Å². The van der Waals surface area contributed by atoms with Crippen molar-refractivity contribution in [3.63, 3.8) is 0 Å². The zero-order chi connectivity index (χ0) is 8.10. The maximum absolute atomic E-state index is 4.28. The lowest BCUT2D eigenvalue weighted by atomic mass is 10.2. The maximum Gasteiger partial charge on any atom is 0.0586 e. The van der Waals surface area contributed by atoms with Gasteiger partial charge < -0.3 is 0 Å². The third kappa shape index (κ3) is 2.30. The molecule has 0 aliphatic heterocycles. The Kier molecular flexibility index (Phi) is 3.02. The van der Waals surface area contributed by atoms with Gasteiger partial charge in [-0.25, -0.2) is 0 Å². The Labute approximate surface area is 67.7 Å². The summed E-state index contributed by atoms with van der Waals surface area (Å²) in [5, 5.41) is 0. The Balaban J connectivity index is 2.66. The molecule has 0 aliphatic carbocycles. The molecule has 0 atom stereocenters. The van der Waals surface area contributed by atoms with Crippen LogP contribution >= 0.6 is 0 Å². The fourth-order valence-electron chi connectivity index (χ4n) is 0.949. The van der Waals surface area contributed by atoms with E-state index in [1.165, 1.54) is 0 Å². The molecule has 0 aliphatic rings. The van der Waals surface area contributed by atoms with Crippen LogP contribution in [0.3, 0.4) is 0 Å². The molecular weight excluding hydrogens is 136 g/mol. The van der Waals surface area contributed by atoms with Crippen molar-refractivity contribution in [1.29, 1.82) is 0 Å². The van der Waals surface area contributed by atoms with Gasteiger partial charge in [0.2, 0.25) is 0 Å². The van der Waals surface area contributed by atoms with E-state index in [1.54, 1.807) is 0 Å². The molecule has 1 rings (SSSR count). The highest BCUT2D eigenvalue weighted by atomic mass is 14.8. The fraction of sp³-hybridized carbons (Fsp3) is 0.556. The van der Waals surface area contributed by atoms with E-state index in [1.807, 2.05) is 12.4 Å². The lowest BCUT2D eigenvalue weighted by Gasteiger charge is -1.97. The molecule has 0 saturated carbocycles. The van der Waals surface area contributed by atoms with Crippen molar-refractivity contribution in [1.82, 2.24) is 9.97 Å². The summed E-state index contributed by atoms with van der Waals surface area (Å²) in [5.74, 6) is 0. The molecule has 0 radical (unpaired) electrons. The van der Waals surface area contributed by atoms with Crippen LogP contribution in [0.1, 0.15) is 31.7 Å². The van der Waals surface area contributed by atoms with Crippen molar-refractivity contribution >= 4 is 0 Å². The molecule has 0 amide bonds. The maximum atomic E-state index is 4.28. The second-order valence-electron chi connectivity index (χ2n) is 2.60. The predicted octanol–water partition coefficient (Wildman–Crippen LogP) is 1.99. The molecule has 0 aromatic carbocycles. The Bertz CT molecular complexity index is 203. The van der Waals surface area contributed by atoms with Gasteiger partial charge in [-0.15, -0.1) is 0 Å². The molecule has 0 spiro atoms. The lowest BCUT2D eigenvalue weighted by molar-refractivity contribution is 0.855. The summed E-state index contributed by atoms with van der Waals surface area (Å²) in [4.78, 5) is 8.53. The molecule has 2 heteroatoms. The van der Waals surface area contributed by atoms with Gasteiger partial charge in [-0.3, -0.25) is 9.97 Å². The highest BCUT2D eigenvalue weighted by Crippen LogP contribution is 1.98. The topological polar surface area (TPSA) is 25.8 Å². The fourth-order valence-corrected chi connectivity index (χ4v) is 0.949. The summed E-state index contributed by atoms with van der Waals surface area (Å²) in [5.41, 5.74) is 2.18. The van der Waals surface area contributed by atoms with Gasteiger partial charge in [-0.05, 0) is 12.8 Å². The Morgan fingerprint density at radius 3 is 2.18 bits per heavy atom. The summed E-state index contributed by atoms with van der Waals surface area (Å²) in [6.45, 7) is 4.24. The summed E-state index contributed by atoms with van der Waals surface area (Å²) in [6.07, 6.45) is 6.89. The molecule has 60 valence electrons. The molecule has 2 nitrogen and oxygen atoms in total. The van der Waals surface area contributed by atoms with E-state index in [0.717, 1.165) is 30.7 Å². The summed E-state index contributed by atoms with van der Waals surface area (Å²) >= 11 is 0. The first-order chi connectivity index (χ1) is 5.36. The zero-order valence-corrected chi connectivity index (χ0v) is 7.17. The second kappa shape index (κ2) is 4.06. The van der Waals surface area contributed by atoms with Crippen molar-refractivity contribution < 1.29 is 0 Å². The third-order valence-electron chi connectivity index (χ3n) is 1.63. The standard InChI is InChI=1S/C9H14N2/c1-3-5-9-7-10-8(4-2)6-11-9/h6-7H,3-5H2,1-2H3. The van der Waals surface area contributed by atoms with Crippen LogP contribution < -0.4 is 0 Å². The van der Waals surface area contributed by atoms with Gasteiger partial charge in [0.05, 0.1) is 11.4 Å². The van der Waals surface area contributed by atoms with Crippen molar-refractivity contribution in [2.75, 3.05) is 0 Å². The Hall–Kier alpha value is -0.920. The first-order valence-electron chi connectivity index (χ1n) is 4.16. The van der Waals surface area contributed by atoms with Crippen molar-refractivity contribution in [2.45, 2.75) is 33.1 Å². The van der Waals surface area contributed by atoms with Gasteiger partial charge in [0.1, 0.15) is 0 Å². The number of hydrogen-bond acceptors (Lipinski definition) is 2. The number of hydrogen-bond donors (Lipinski definition) is 0. The van der Waals surface area contributed by atoms with Gasteiger partial charge in [-0.1, -0.05) is 20.3 Å². The minimum Gasteiger partial charge on any atom is -0.258 e. The highest BCUT2D eigenvalue weighted by Gasteiger charge is 1.93. The number of nitrogens with zero attached hydrogens (tertiary/aromatic N) is 2. The predicted molar refractivity (Wildman–Crippen MR) is 45.4 cm³/mol. The monoisotopic (exact) mass is 150 g/mol. The zero-order valence-electron chi connectivity index (χ0n) is 7.17. The molecular formula is C9H14N2. The highest BCUT2D eigenvalue weighted by molar-refractivity contribution is 5.01. The van der Waals surface area contributed by atoms with E-state index in [9.17, 15) is 0 Å². The van der Waals surface area contributed by atoms with Crippen LogP contribution in [0.4, 0.5) is 0 Å². The normalized spacial score (nSPS) is 10.0.